The van der Waals surface area contributed by atoms with Crippen LogP contribution in [0, 0.1) is 0 Å². The molecule has 0 radical (unpaired) electrons. The maximum atomic E-state index is 12.4. The fraction of sp³-hybridized carbons (Fsp3) is 0.357. The van der Waals surface area contributed by atoms with E-state index in [-0.39, 0.29) is 5.91 Å². The average molecular weight is 289 g/mol. The van der Waals surface area contributed by atoms with Crippen molar-refractivity contribution in [2.75, 3.05) is 18.1 Å². The highest BCUT2D eigenvalue weighted by Crippen LogP contribution is 2.30. The van der Waals surface area contributed by atoms with Gasteiger partial charge in [-0.1, -0.05) is 6.92 Å². The van der Waals surface area contributed by atoms with Crippen LogP contribution in [-0.4, -0.2) is 29.0 Å². The Labute approximate surface area is 121 Å². The first-order chi connectivity index (χ1) is 9.78. The maximum Gasteiger partial charge on any atom is 0.233 e. The third-order valence-corrected chi connectivity index (χ3v) is 4.20. The minimum absolute atomic E-state index is 0.0375. The first kappa shape index (κ1) is 13.1. The molecular formula is C14H15N3O2S. The van der Waals surface area contributed by atoms with Gasteiger partial charge in [-0.05, 0) is 6.42 Å². The molecule has 0 bridgehead atoms. The van der Waals surface area contributed by atoms with Crippen molar-refractivity contribution in [3.05, 3.63) is 34.5 Å². The van der Waals surface area contributed by atoms with E-state index < -0.39 is 0 Å². The number of thiazole rings is 1. The van der Waals surface area contributed by atoms with Crippen molar-refractivity contribution >= 4 is 22.9 Å². The van der Waals surface area contributed by atoms with Crippen molar-refractivity contribution in [3.8, 4) is 5.75 Å². The topological polar surface area (TPSA) is 55.3 Å². The van der Waals surface area contributed by atoms with Gasteiger partial charge in [-0.15, -0.1) is 11.3 Å². The van der Waals surface area contributed by atoms with Crippen LogP contribution >= 0.6 is 11.3 Å². The zero-order valence-electron chi connectivity index (χ0n) is 11.2. The number of fused-ring (bicyclic) bond motifs is 1. The lowest BCUT2D eigenvalue weighted by Gasteiger charge is -2.28. The van der Waals surface area contributed by atoms with Gasteiger partial charge in [-0.25, -0.2) is 4.98 Å². The second-order valence-electron chi connectivity index (χ2n) is 4.50. The predicted molar refractivity (Wildman–Crippen MR) is 77.3 cm³/mol. The van der Waals surface area contributed by atoms with Gasteiger partial charge >= 0.3 is 0 Å². The van der Waals surface area contributed by atoms with E-state index in [1.54, 1.807) is 34.7 Å². The molecule has 20 heavy (non-hydrogen) atoms. The number of pyridine rings is 1. The molecule has 104 valence electrons. The van der Waals surface area contributed by atoms with Gasteiger partial charge in [0.2, 0.25) is 5.91 Å². The third kappa shape index (κ3) is 2.51. The van der Waals surface area contributed by atoms with Crippen LogP contribution in [0.5, 0.6) is 5.75 Å². The highest BCUT2D eigenvalue weighted by Gasteiger charge is 2.24. The lowest BCUT2D eigenvalue weighted by molar-refractivity contribution is -0.118. The van der Waals surface area contributed by atoms with Crippen LogP contribution in [0.4, 0.5) is 5.69 Å². The summed E-state index contributed by atoms with van der Waals surface area (Å²) in [6.07, 6.45) is 4.57. The molecule has 1 aliphatic heterocycles. The van der Waals surface area contributed by atoms with E-state index in [1.807, 2.05) is 5.38 Å². The van der Waals surface area contributed by atoms with Crippen molar-refractivity contribution in [3.63, 3.8) is 0 Å². The molecule has 3 rings (SSSR count). The minimum Gasteiger partial charge on any atom is -0.489 e. The number of aryl methyl sites for hydroxylation is 1. The lowest BCUT2D eigenvalue weighted by Crippen LogP contribution is -2.39. The van der Waals surface area contributed by atoms with Gasteiger partial charge in [0.15, 0.2) is 0 Å². The van der Waals surface area contributed by atoms with E-state index >= 15 is 0 Å². The van der Waals surface area contributed by atoms with Crippen LogP contribution in [0.25, 0.3) is 0 Å². The van der Waals surface area contributed by atoms with Crippen LogP contribution in [0.15, 0.2) is 23.8 Å². The Morgan fingerprint density at radius 2 is 2.45 bits per heavy atom. The minimum atomic E-state index is 0.0375. The Bertz CT molecular complexity index is 626. The van der Waals surface area contributed by atoms with Crippen LogP contribution in [0.3, 0.4) is 0 Å². The zero-order chi connectivity index (χ0) is 13.9. The molecule has 0 aromatic carbocycles. The lowest BCUT2D eigenvalue weighted by atomic mass is 10.2. The Kier molecular flexibility index (Phi) is 3.64. The highest BCUT2D eigenvalue weighted by molar-refractivity contribution is 7.09. The van der Waals surface area contributed by atoms with E-state index in [9.17, 15) is 4.79 Å². The number of nitrogens with zero attached hydrogens (tertiary/aromatic N) is 3. The number of carbonyl (C=O) groups is 1. The summed E-state index contributed by atoms with van der Waals surface area (Å²) in [5.41, 5.74) is 1.59. The van der Waals surface area contributed by atoms with Crippen LogP contribution in [0.1, 0.15) is 17.6 Å². The van der Waals surface area contributed by atoms with Gasteiger partial charge in [0, 0.05) is 17.6 Å². The number of aromatic nitrogens is 2. The molecule has 0 unspecified atom stereocenters. The number of anilines is 1. The summed E-state index contributed by atoms with van der Waals surface area (Å²) >= 11 is 1.60. The van der Waals surface area contributed by atoms with E-state index in [0.29, 0.717) is 25.3 Å². The molecule has 0 atom stereocenters. The maximum absolute atomic E-state index is 12.4. The number of rotatable bonds is 3. The molecule has 1 amide bonds. The Hall–Kier alpha value is -1.95. The molecule has 0 N–H and O–H groups in total. The van der Waals surface area contributed by atoms with Crippen LogP contribution in [-0.2, 0) is 17.6 Å². The zero-order valence-corrected chi connectivity index (χ0v) is 12.0. The summed E-state index contributed by atoms with van der Waals surface area (Å²) in [5, 5.41) is 3.03. The van der Waals surface area contributed by atoms with Gasteiger partial charge in [-0.2, -0.15) is 0 Å². The molecule has 0 aliphatic carbocycles. The van der Waals surface area contributed by atoms with Gasteiger partial charge in [0.1, 0.15) is 18.0 Å². The average Bonchev–Trinajstić information content (AvgIpc) is 2.94. The molecule has 0 spiro atoms. The first-order valence-corrected chi connectivity index (χ1v) is 7.46. The van der Waals surface area contributed by atoms with Crippen molar-refractivity contribution < 1.29 is 9.53 Å². The number of hydrogen-bond donors (Lipinski definition) is 0. The molecule has 0 fully saturated rings. The van der Waals surface area contributed by atoms with Gasteiger partial charge < -0.3 is 9.64 Å². The van der Waals surface area contributed by atoms with Crippen molar-refractivity contribution in [2.45, 2.75) is 19.8 Å². The monoisotopic (exact) mass is 289 g/mol. The second-order valence-corrected chi connectivity index (χ2v) is 5.44. The highest BCUT2D eigenvalue weighted by atomic mass is 32.1. The fourth-order valence-electron chi connectivity index (χ4n) is 2.17. The standard InChI is InChI=1S/C14H15N3O2S/c1-2-13-16-10(9-20-13)7-14(18)17-5-6-19-12-3-4-15-8-11(12)17/h3-4,8-9H,2,5-7H2,1H3. The summed E-state index contributed by atoms with van der Waals surface area (Å²) in [7, 11) is 0. The van der Waals surface area contributed by atoms with E-state index in [2.05, 4.69) is 16.9 Å². The molecule has 2 aromatic rings. The first-order valence-electron chi connectivity index (χ1n) is 6.58. The molecule has 1 aliphatic rings. The number of carbonyl (C=O) groups excluding carboxylic acids is 1. The van der Waals surface area contributed by atoms with E-state index in [4.69, 9.17) is 4.74 Å². The number of hydrogen-bond acceptors (Lipinski definition) is 5. The Morgan fingerprint density at radius 3 is 3.25 bits per heavy atom. The largest absolute Gasteiger partial charge is 0.489 e. The predicted octanol–water partition coefficient (Wildman–Crippen LogP) is 2.07. The molecular weight excluding hydrogens is 274 g/mol. The number of amides is 1. The molecule has 3 heterocycles. The van der Waals surface area contributed by atoms with Crippen LogP contribution in [0.2, 0.25) is 0 Å². The van der Waals surface area contributed by atoms with Crippen molar-refractivity contribution in [1.29, 1.82) is 0 Å². The summed E-state index contributed by atoms with van der Waals surface area (Å²) in [6.45, 7) is 3.14. The molecule has 0 saturated heterocycles. The summed E-state index contributed by atoms with van der Waals surface area (Å²) in [6, 6.07) is 1.78. The van der Waals surface area contributed by atoms with E-state index in [0.717, 1.165) is 22.8 Å². The Morgan fingerprint density at radius 1 is 1.55 bits per heavy atom. The SMILES string of the molecule is CCc1nc(CC(=O)N2CCOc3ccncc32)cs1. The molecule has 5 nitrogen and oxygen atoms in total. The van der Waals surface area contributed by atoms with Gasteiger partial charge in [-0.3, -0.25) is 9.78 Å². The third-order valence-electron chi connectivity index (χ3n) is 3.16. The van der Waals surface area contributed by atoms with Crippen LogP contribution < -0.4 is 9.64 Å². The van der Waals surface area contributed by atoms with Crippen molar-refractivity contribution in [2.24, 2.45) is 0 Å². The Balaban J connectivity index is 1.78. The van der Waals surface area contributed by atoms with Crippen molar-refractivity contribution in [1.82, 2.24) is 9.97 Å². The normalized spacial score (nSPS) is 13.8. The summed E-state index contributed by atoms with van der Waals surface area (Å²) < 4.78 is 5.53. The molecule has 0 saturated carbocycles. The van der Waals surface area contributed by atoms with Gasteiger partial charge in [0.05, 0.1) is 29.9 Å². The molecule has 6 heteroatoms. The van der Waals surface area contributed by atoms with Gasteiger partial charge in [0.25, 0.3) is 0 Å². The smallest absolute Gasteiger partial charge is 0.233 e. The molecule has 2 aromatic heterocycles. The second kappa shape index (κ2) is 5.58. The van der Waals surface area contributed by atoms with E-state index in [1.165, 1.54) is 0 Å². The summed E-state index contributed by atoms with van der Waals surface area (Å²) in [5.74, 6) is 0.752. The number of ether oxygens (including phenoxy) is 1. The quantitative estimate of drug-likeness (QED) is 0.868. The fourth-order valence-corrected chi connectivity index (χ4v) is 2.91. The summed E-state index contributed by atoms with van der Waals surface area (Å²) in [4.78, 5) is 22.7.